The van der Waals surface area contributed by atoms with Crippen LogP contribution in [0.1, 0.15) is 5.56 Å². The number of fused-ring (bicyclic) bond motifs is 1. The van der Waals surface area contributed by atoms with E-state index >= 15 is 0 Å². The molecule has 1 heterocycles. The van der Waals surface area contributed by atoms with Gasteiger partial charge in [-0.2, -0.15) is 0 Å². The largest absolute Gasteiger partial charge is 0.497 e. The highest BCUT2D eigenvalue weighted by molar-refractivity contribution is 7.71. The monoisotopic (exact) mass is 288 g/mol. The quantitative estimate of drug-likeness (QED) is 0.718. The van der Waals surface area contributed by atoms with Crippen LogP contribution >= 0.6 is 12.2 Å². The van der Waals surface area contributed by atoms with Gasteiger partial charge in [0.05, 0.1) is 18.1 Å². The molecular formula is C15H13FN2OS. The van der Waals surface area contributed by atoms with E-state index in [1.807, 2.05) is 28.8 Å². The summed E-state index contributed by atoms with van der Waals surface area (Å²) in [6.45, 7) is 1.74. The minimum absolute atomic E-state index is 0.240. The SMILES string of the molecule is COc1ccc(-n2c(=S)[nH]c3cc(F)c(C)cc32)cc1. The van der Waals surface area contributed by atoms with Crippen LogP contribution < -0.4 is 4.74 Å². The second kappa shape index (κ2) is 4.76. The van der Waals surface area contributed by atoms with Crippen molar-refractivity contribution in [1.29, 1.82) is 0 Å². The molecule has 0 fully saturated rings. The zero-order valence-corrected chi connectivity index (χ0v) is 11.9. The Morgan fingerprint density at radius 2 is 1.90 bits per heavy atom. The van der Waals surface area contributed by atoms with E-state index in [0.717, 1.165) is 17.0 Å². The summed E-state index contributed by atoms with van der Waals surface area (Å²) in [6, 6.07) is 10.8. The van der Waals surface area contributed by atoms with Gasteiger partial charge in [0.1, 0.15) is 11.6 Å². The number of halogens is 1. The summed E-state index contributed by atoms with van der Waals surface area (Å²) >= 11 is 5.34. The molecule has 0 bridgehead atoms. The standard InChI is InChI=1S/C15H13FN2OS/c1-9-7-14-13(8-12(9)16)17-15(20)18(14)10-3-5-11(19-2)6-4-10/h3-8H,1-2H3,(H,17,20). The number of imidazole rings is 1. The molecule has 0 atom stereocenters. The van der Waals surface area contributed by atoms with Crippen molar-refractivity contribution >= 4 is 23.3 Å². The van der Waals surface area contributed by atoms with E-state index in [0.29, 0.717) is 15.9 Å². The number of nitrogens with one attached hydrogen (secondary N) is 1. The molecule has 0 aliphatic heterocycles. The van der Waals surface area contributed by atoms with Gasteiger partial charge < -0.3 is 9.72 Å². The first-order valence-corrected chi connectivity index (χ1v) is 6.56. The third-order valence-electron chi connectivity index (χ3n) is 3.29. The third kappa shape index (κ3) is 2.00. The molecule has 3 aromatic rings. The number of hydrogen-bond donors (Lipinski definition) is 1. The van der Waals surface area contributed by atoms with Crippen LogP contribution in [0, 0.1) is 17.5 Å². The second-order valence-electron chi connectivity index (χ2n) is 4.58. The predicted octanol–water partition coefficient (Wildman–Crippen LogP) is 4.14. The van der Waals surface area contributed by atoms with Crippen LogP contribution in [0.5, 0.6) is 5.75 Å². The van der Waals surface area contributed by atoms with E-state index in [2.05, 4.69) is 4.98 Å². The molecule has 0 amide bonds. The van der Waals surface area contributed by atoms with E-state index in [-0.39, 0.29) is 5.82 Å². The van der Waals surface area contributed by atoms with Gasteiger partial charge in [-0.15, -0.1) is 0 Å². The summed E-state index contributed by atoms with van der Waals surface area (Å²) in [4.78, 5) is 3.03. The maximum atomic E-state index is 13.6. The number of methoxy groups -OCH3 is 1. The molecule has 3 nitrogen and oxygen atoms in total. The van der Waals surface area contributed by atoms with Gasteiger partial charge >= 0.3 is 0 Å². The lowest BCUT2D eigenvalue weighted by Gasteiger charge is -2.06. The Kier molecular flexibility index (Phi) is 3.06. The fourth-order valence-corrected chi connectivity index (χ4v) is 2.53. The maximum Gasteiger partial charge on any atom is 0.182 e. The van der Waals surface area contributed by atoms with Crippen molar-refractivity contribution in [2.75, 3.05) is 7.11 Å². The number of aromatic amines is 1. The van der Waals surface area contributed by atoms with E-state index in [1.165, 1.54) is 6.07 Å². The lowest BCUT2D eigenvalue weighted by Crippen LogP contribution is -1.95. The zero-order chi connectivity index (χ0) is 14.3. The molecule has 0 aliphatic rings. The van der Waals surface area contributed by atoms with Crippen molar-refractivity contribution in [2.45, 2.75) is 6.92 Å². The van der Waals surface area contributed by atoms with Gasteiger partial charge in [-0.05, 0) is 61.1 Å². The predicted molar refractivity (Wildman–Crippen MR) is 79.7 cm³/mol. The first kappa shape index (κ1) is 12.9. The molecule has 1 aromatic heterocycles. The fourth-order valence-electron chi connectivity index (χ4n) is 2.22. The number of nitrogens with zero attached hydrogens (tertiary/aromatic N) is 1. The van der Waals surface area contributed by atoms with Crippen molar-refractivity contribution in [2.24, 2.45) is 0 Å². The Morgan fingerprint density at radius 3 is 2.55 bits per heavy atom. The number of aromatic nitrogens is 2. The topological polar surface area (TPSA) is 29.9 Å². The van der Waals surface area contributed by atoms with Crippen molar-refractivity contribution < 1.29 is 9.13 Å². The van der Waals surface area contributed by atoms with Gasteiger partial charge in [0.25, 0.3) is 0 Å². The second-order valence-corrected chi connectivity index (χ2v) is 4.97. The number of hydrogen-bond acceptors (Lipinski definition) is 2. The molecule has 0 spiro atoms. The van der Waals surface area contributed by atoms with Crippen LogP contribution in [0.3, 0.4) is 0 Å². The van der Waals surface area contributed by atoms with Crippen LogP contribution in [0.15, 0.2) is 36.4 Å². The molecule has 3 rings (SSSR count). The Hall–Kier alpha value is -2.14. The molecule has 0 unspecified atom stereocenters. The minimum Gasteiger partial charge on any atom is -0.497 e. The average molecular weight is 288 g/mol. The fraction of sp³-hybridized carbons (Fsp3) is 0.133. The van der Waals surface area contributed by atoms with Crippen LogP contribution in [-0.4, -0.2) is 16.7 Å². The molecular weight excluding hydrogens is 275 g/mol. The lowest BCUT2D eigenvalue weighted by molar-refractivity contribution is 0.415. The normalized spacial score (nSPS) is 10.9. The number of H-pyrrole nitrogens is 1. The molecule has 0 saturated heterocycles. The van der Waals surface area contributed by atoms with Crippen molar-refractivity contribution in [1.82, 2.24) is 9.55 Å². The Labute approximate surface area is 120 Å². The van der Waals surface area contributed by atoms with Gasteiger partial charge in [0.2, 0.25) is 0 Å². The molecule has 1 N–H and O–H groups in total. The molecule has 102 valence electrons. The van der Waals surface area contributed by atoms with E-state index in [1.54, 1.807) is 20.1 Å². The zero-order valence-electron chi connectivity index (χ0n) is 11.1. The number of rotatable bonds is 2. The van der Waals surface area contributed by atoms with Gasteiger partial charge in [0.15, 0.2) is 4.77 Å². The maximum absolute atomic E-state index is 13.6. The summed E-state index contributed by atoms with van der Waals surface area (Å²) in [5, 5.41) is 0. The highest BCUT2D eigenvalue weighted by atomic mass is 32.1. The third-order valence-corrected chi connectivity index (χ3v) is 3.58. The van der Waals surface area contributed by atoms with Crippen molar-refractivity contribution in [3.63, 3.8) is 0 Å². The van der Waals surface area contributed by atoms with E-state index in [4.69, 9.17) is 17.0 Å². The summed E-state index contributed by atoms with van der Waals surface area (Å²) < 4.78 is 21.2. The van der Waals surface area contributed by atoms with E-state index in [9.17, 15) is 4.39 Å². The summed E-state index contributed by atoms with van der Waals surface area (Å²) in [5.74, 6) is 0.540. The van der Waals surface area contributed by atoms with Gasteiger partial charge in [-0.3, -0.25) is 4.57 Å². The van der Waals surface area contributed by atoms with Gasteiger partial charge in [0, 0.05) is 5.69 Å². The van der Waals surface area contributed by atoms with E-state index < -0.39 is 0 Å². The van der Waals surface area contributed by atoms with Crippen LogP contribution in [-0.2, 0) is 0 Å². The highest BCUT2D eigenvalue weighted by Crippen LogP contribution is 2.23. The minimum atomic E-state index is -0.240. The molecule has 0 aliphatic carbocycles. The Bertz CT molecular complexity index is 833. The van der Waals surface area contributed by atoms with Crippen LogP contribution in [0.25, 0.3) is 16.7 Å². The van der Waals surface area contributed by atoms with Crippen LogP contribution in [0.4, 0.5) is 4.39 Å². The molecule has 0 saturated carbocycles. The van der Waals surface area contributed by atoms with Gasteiger partial charge in [-0.25, -0.2) is 4.39 Å². The highest BCUT2D eigenvalue weighted by Gasteiger charge is 2.09. The number of ether oxygens (including phenoxy) is 1. The van der Waals surface area contributed by atoms with Crippen LogP contribution in [0.2, 0.25) is 0 Å². The van der Waals surface area contributed by atoms with Gasteiger partial charge in [-0.1, -0.05) is 0 Å². The molecule has 2 aromatic carbocycles. The van der Waals surface area contributed by atoms with Crippen molar-refractivity contribution in [3.8, 4) is 11.4 Å². The summed E-state index contributed by atoms with van der Waals surface area (Å²) in [7, 11) is 1.62. The Morgan fingerprint density at radius 1 is 1.20 bits per heavy atom. The Balaban J connectivity index is 2.26. The summed E-state index contributed by atoms with van der Waals surface area (Å²) in [6.07, 6.45) is 0. The lowest BCUT2D eigenvalue weighted by atomic mass is 10.2. The first-order chi connectivity index (χ1) is 9.60. The van der Waals surface area contributed by atoms with Crippen molar-refractivity contribution in [3.05, 3.63) is 52.5 Å². The molecule has 5 heteroatoms. The first-order valence-electron chi connectivity index (χ1n) is 6.15. The number of benzene rings is 2. The molecule has 0 radical (unpaired) electrons. The molecule has 20 heavy (non-hydrogen) atoms. The smallest absolute Gasteiger partial charge is 0.182 e. The average Bonchev–Trinajstić information content (AvgIpc) is 2.75. The summed E-state index contributed by atoms with van der Waals surface area (Å²) in [5.41, 5.74) is 3.05. The number of aryl methyl sites for hydroxylation is 1.